The summed E-state index contributed by atoms with van der Waals surface area (Å²) in [6, 6.07) is 5.84. The van der Waals surface area contributed by atoms with Crippen molar-refractivity contribution in [2.75, 3.05) is 5.32 Å². The lowest BCUT2D eigenvalue weighted by atomic mass is 10.2. The van der Waals surface area contributed by atoms with Crippen LogP contribution in [0.3, 0.4) is 0 Å². The molecule has 0 aliphatic rings. The van der Waals surface area contributed by atoms with Crippen molar-refractivity contribution >= 4 is 17.0 Å². The molecule has 0 aliphatic heterocycles. The smallest absolute Gasteiger partial charge is 0.200 e. The van der Waals surface area contributed by atoms with E-state index in [1.54, 1.807) is 12.3 Å². The third-order valence-electron chi connectivity index (χ3n) is 3.75. The standard InChI is InChI=1S/C17H12F2N6O.2C2H6/c18-11-1-2-14(21-7-11)16-23-17(22-13-3-5-20-8-12(13)19)15-10(9-26)4-6-25(15)24-16;2*1-2/h1-8,26H,9H2,(H,20,22,23,24);2*1-2H3. The van der Waals surface area contributed by atoms with Gasteiger partial charge in [0, 0.05) is 18.0 Å². The van der Waals surface area contributed by atoms with Crippen LogP contribution < -0.4 is 5.32 Å². The van der Waals surface area contributed by atoms with E-state index in [4.69, 9.17) is 0 Å². The van der Waals surface area contributed by atoms with Gasteiger partial charge in [0.1, 0.15) is 17.0 Å². The number of hydrogen-bond acceptors (Lipinski definition) is 6. The van der Waals surface area contributed by atoms with Gasteiger partial charge in [-0.25, -0.2) is 23.3 Å². The number of aliphatic hydroxyl groups excluding tert-OH is 1. The molecule has 0 saturated carbocycles. The molecule has 9 heteroatoms. The zero-order valence-corrected chi connectivity index (χ0v) is 17.3. The largest absolute Gasteiger partial charge is 0.392 e. The van der Waals surface area contributed by atoms with Crippen LogP contribution in [0.4, 0.5) is 20.3 Å². The molecular formula is C21H24F2N6O. The molecule has 7 nitrogen and oxygen atoms in total. The van der Waals surface area contributed by atoms with E-state index >= 15 is 0 Å². The number of nitrogens with zero attached hydrogens (tertiary/aromatic N) is 5. The van der Waals surface area contributed by atoms with Gasteiger partial charge in [-0.1, -0.05) is 27.7 Å². The van der Waals surface area contributed by atoms with Gasteiger partial charge >= 0.3 is 0 Å². The lowest BCUT2D eigenvalue weighted by molar-refractivity contribution is 0.283. The molecule has 0 bridgehead atoms. The molecule has 158 valence electrons. The minimum atomic E-state index is -0.553. The van der Waals surface area contributed by atoms with Gasteiger partial charge in [0.25, 0.3) is 0 Å². The number of rotatable bonds is 4. The summed E-state index contributed by atoms with van der Waals surface area (Å²) >= 11 is 0. The Morgan fingerprint density at radius 3 is 2.43 bits per heavy atom. The highest BCUT2D eigenvalue weighted by Crippen LogP contribution is 2.26. The van der Waals surface area contributed by atoms with E-state index < -0.39 is 11.6 Å². The van der Waals surface area contributed by atoms with E-state index in [1.165, 1.54) is 28.9 Å². The van der Waals surface area contributed by atoms with Crippen molar-refractivity contribution in [1.82, 2.24) is 24.6 Å². The highest BCUT2D eigenvalue weighted by molar-refractivity contribution is 5.78. The van der Waals surface area contributed by atoms with E-state index in [2.05, 4.69) is 25.4 Å². The number of anilines is 2. The minimum absolute atomic E-state index is 0.170. The summed E-state index contributed by atoms with van der Waals surface area (Å²) < 4.78 is 28.6. The van der Waals surface area contributed by atoms with Crippen LogP contribution in [0, 0.1) is 11.6 Å². The summed E-state index contributed by atoms with van der Waals surface area (Å²) in [4.78, 5) is 12.1. The molecule has 30 heavy (non-hydrogen) atoms. The maximum absolute atomic E-state index is 14.0. The Kier molecular flexibility index (Phi) is 8.30. The van der Waals surface area contributed by atoms with Crippen LogP contribution in [0.2, 0.25) is 0 Å². The number of nitrogens with one attached hydrogen (secondary N) is 1. The average molecular weight is 414 g/mol. The van der Waals surface area contributed by atoms with Crippen molar-refractivity contribution in [1.29, 1.82) is 0 Å². The van der Waals surface area contributed by atoms with Crippen LogP contribution in [0.5, 0.6) is 0 Å². The Labute approximate surface area is 173 Å². The van der Waals surface area contributed by atoms with Gasteiger partial charge in [-0.15, -0.1) is 5.10 Å². The van der Waals surface area contributed by atoms with Crippen LogP contribution in [0.25, 0.3) is 17.0 Å². The highest BCUT2D eigenvalue weighted by atomic mass is 19.1. The second-order valence-electron chi connectivity index (χ2n) is 5.42. The maximum Gasteiger partial charge on any atom is 0.200 e. The number of aromatic nitrogens is 5. The fraction of sp³-hybridized carbons (Fsp3) is 0.238. The Morgan fingerprint density at radius 2 is 1.80 bits per heavy atom. The number of hydrogen-bond donors (Lipinski definition) is 2. The van der Waals surface area contributed by atoms with Crippen molar-refractivity contribution < 1.29 is 13.9 Å². The summed E-state index contributed by atoms with van der Waals surface area (Å²) in [5.41, 5.74) is 1.59. The first-order chi connectivity index (χ1) is 14.7. The van der Waals surface area contributed by atoms with E-state index in [0.717, 1.165) is 12.4 Å². The second kappa shape index (κ2) is 10.9. The van der Waals surface area contributed by atoms with E-state index in [-0.39, 0.29) is 23.9 Å². The highest BCUT2D eigenvalue weighted by Gasteiger charge is 2.15. The predicted molar refractivity (Wildman–Crippen MR) is 112 cm³/mol. The third-order valence-corrected chi connectivity index (χ3v) is 3.75. The van der Waals surface area contributed by atoms with E-state index in [9.17, 15) is 13.9 Å². The molecule has 0 fully saturated rings. The first-order valence-corrected chi connectivity index (χ1v) is 9.63. The molecule has 4 aromatic heterocycles. The van der Waals surface area contributed by atoms with Crippen molar-refractivity contribution in [2.24, 2.45) is 0 Å². The van der Waals surface area contributed by atoms with E-state index in [1.807, 2.05) is 27.7 Å². The molecule has 0 spiro atoms. The maximum atomic E-state index is 14.0. The SMILES string of the molecule is CC.CC.OCc1ccn2nc(-c3ccc(F)cn3)nc(Nc3ccncc3F)c12. The van der Waals surface area contributed by atoms with Gasteiger partial charge in [0.15, 0.2) is 11.6 Å². The number of aliphatic hydroxyl groups is 1. The zero-order valence-electron chi connectivity index (χ0n) is 17.3. The number of fused-ring (bicyclic) bond motifs is 1. The third kappa shape index (κ3) is 4.93. The topological polar surface area (TPSA) is 88.2 Å². The molecule has 0 aromatic carbocycles. The first kappa shape index (κ1) is 22.8. The molecular weight excluding hydrogens is 390 g/mol. The predicted octanol–water partition coefficient (Wildman–Crippen LogP) is 4.75. The second-order valence-corrected chi connectivity index (χ2v) is 5.42. The van der Waals surface area contributed by atoms with Crippen LogP contribution >= 0.6 is 0 Å². The Bertz CT molecular complexity index is 1080. The quantitative estimate of drug-likeness (QED) is 0.501. The van der Waals surface area contributed by atoms with Gasteiger partial charge in [0.05, 0.1) is 24.7 Å². The summed E-state index contributed by atoms with van der Waals surface area (Å²) in [5, 5.41) is 16.8. The van der Waals surface area contributed by atoms with Gasteiger partial charge < -0.3 is 10.4 Å². The van der Waals surface area contributed by atoms with Crippen molar-refractivity contribution in [2.45, 2.75) is 34.3 Å². The summed E-state index contributed by atoms with van der Waals surface area (Å²) in [6.45, 7) is 7.77. The zero-order chi connectivity index (χ0) is 22.1. The summed E-state index contributed by atoms with van der Waals surface area (Å²) in [7, 11) is 0. The molecule has 0 saturated heterocycles. The fourth-order valence-electron chi connectivity index (χ4n) is 2.52. The van der Waals surface area contributed by atoms with Gasteiger partial charge in [-0.2, -0.15) is 0 Å². The van der Waals surface area contributed by atoms with Gasteiger partial charge in [-0.05, 0) is 24.3 Å². The van der Waals surface area contributed by atoms with Crippen LogP contribution in [0.15, 0.2) is 49.1 Å². The lowest BCUT2D eigenvalue weighted by Gasteiger charge is -2.11. The molecule has 2 N–H and O–H groups in total. The minimum Gasteiger partial charge on any atom is -0.392 e. The fourth-order valence-corrected chi connectivity index (χ4v) is 2.52. The first-order valence-electron chi connectivity index (χ1n) is 9.63. The van der Waals surface area contributed by atoms with Crippen molar-refractivity contribution in [3.8, 4) is 11.5 Å². The summed E-state index contributed by atoms with van der Waals surface area (Å²) in [6.07, 6.45) is 5.22. The van der Waals surface area contributed by atoms with E-state index in [0.29, 0.717) is 16.8 Å². The molecule has 0 amide bonds. The lowest BCUT2D eigenvalue weighted by Crippen LogP contribution is -2.06. The molecule has 4 aromatic rings. The van der Waals surface area contributed by atoms with Gasteiger partial charge in [0.2, 0.25) is 5.82 Å². The van der Waals surface area contributed by atoms with Crippen LogP contribution in [-0.4, -0.2) is 29.7 Å². The monoisotopic (exact) mass is 414 g/mol. The van der Waals surface area contributed by atoms with Crippen LogP contribution in [-0.2, 0) is 6.61 Å². The Hall–Kier alpha value is -3.46. The van der Waals surface area contributed by atoms with Crippen molar-refractivity contribution in [3.63, 3.8) is 0 Å². The molecule has 0 radical (unpaired) electrons. The van der Waals surface area contributed by atoms with Crippen molar-refractivity contribution in [3.05, 3.63) is 66.3 Å². The average Bonchev–Trinajstić information content (AvgIpc) is 3.22. The number of pyridine rings is 2. The molecule has 0 atom stereocenters. The molecule has 0 unspecified atom stereocenters. The summed E-state index contributed by atoms with van der Waals surface area (Å²) in [5.74, 6) is -0.534. The van der Waals surface area contributed by atoms with Crippen LogP contribution in [0.1, 0.15) is 33.3 Å². The van der Waals surface area contributed by atoms with Gasteiger partial charge in [-0.3, -0.25) is 4.98 Å². The normalized spacial score (nSPS) is 9.97. The molecule has 0 aliphatic carbocycles. The Balaban J connectivity index is 0.000000757. The number of halogens is 2. The molecule has 4 heterocycles. The molecule has 4 rings (SSSR count). The Morgan fingerprint density at radius 1 is 1.03 bits per heavy atom.